The molecule has 0 radical (unpaired) electrons. The minimum Gasteiger partial charge on any atom is -0.337 e. The van der Waals surface area contributed by atoms with Gasteiger partial charge in [0.25, 0.3) is 6.43 Å². The van der Waals surface area contributed by atoms with Crippen LogP contribution in [-0.4, -0.2) is 55.7 Å². The van der Waals surface area contributed by atoms with Crippen LogP contribution in [-0.2, 0) is 0 Å². The average Bonchev–Trinajstić information content (AvgIpc) is 3.02. The van der Waals surface area contributed by atoms with Crippen molar-refractivity contribution in [1.29, 1.82) is 5.41 Å². The van der Waals surface area contributed by atoms with E-state index in [0.29, 0.717) is 17.4 Å². The number of allylic oxidation sites excluding steroid dienone is 1. The van der Waals surface area contributed by atoms with Crippen LogP contribution in [0.2, 0.25) is 0 Å². The molecule has 27 heavy (non-hydrogen) atoms. The van der Waals surface area contributed by atoms with Crippen LogP contribution in [0.5, 0.6) is 0 Å². The lowest BCUT2D eigenvalue weighted by molar-refractivity contribution is 0.226. The Kier molecular flexibility index (Phi) is 6.68. The summed E-state index contributed by atoms with van der Waals surface area (Å²) >= 11 is 1.79. The Hall–Kier alpha value is -2.13. The highest BCUT2D eigenvalue weighted by molar-refractivity contribution is 7.96. The number of halogens is 2. The highest BCUT2D eigenvalue weighted by Gasteiger charge is 2.20. The van der Waals surface area contributed by atoms with E-state index in [1.54, 1.807) is 24.5 Å². The fourth-order valence-electron chi connectivity index (χ4n) is 3.08. The number of aromatic amines is 1. The maximum Gasteiger partial charge on any atom is 0.279 e. The van der Waals surface area contributed by atoms with Gasteiger partial charge in [-0.3, -0.25) is 9.71 Å². The lowest BCUT2D eigenvalue weighted by Gasteiger charge is -2.16. The van der Waals surface area contributed by atoms with Gasteiger partial charge in [-0.05, 0) is 43.7 Å². The first-order valence-corrected chi connectivity index (χ1v) is 9.96. The molecule has 9 heteroatoms. The van der Waals surface area contributed by atoms with E-state index in [9.17, 15) is 8.78 Å². The molecule has 0 amide bonds. The van der Waals surface area contributed by atoms with Crippen LogP contribution in [0.15, 0.2) is 24.7 Å². The quantitative estimate of drug-likeness (QED) is 0.573. The van der Waals surface area contributed by atoms with Crippen molar-refractivity contribution >= 4 is 23.7 Å². The molecule has 0 aliphatic carbocycles. The summed E-state index contributed by atoms with van der Waals surface area (Å²) < 4.78 is 27.1. The van der Waals surface area contributed by atoms with E-state index < -0.39 is 12.1 Å². The van der Waals surface area contributed by atoms with Crippen molar-refractivity contribution in [3.05, 3.63) is 36.2 Å². The number of hydrogen-bond donors (Lipinski definition) is 2. The molecule has 0 saturated carbocycles. The van der Waals surface area contributed by atoms with E-state index in [1.807, 2.05) is 6.07 Å². The van der Waals surface area contributed by atoms with Gasteiger partial charge in [0, 0.05) is 24.7 Å². The van der Waals surface area contributed by atoms with Crippen molar-refractivity contribution in [3.63, 3.8) is 0 Å². The summed E-state index contributed by atoms with van der Waals surface area (Å²) in [6.45, 7) is 2.14. The fraction of sp³-hybridized carbons (Fsp3) is 0.444. The average molecular weight is 392 g/mol. The van der Waals surface area contributed by atoms with Crippen molar-refractivity contribution in [2.45, 2.75) is 31.6 Å². The number of alkyl halides is 2. The number of rotatable bonds is 6. The zero-order valence-electron chi connectivity index (χ0n) is 15.0. The van der Waals surface area contributed by atoms with E-state index in [-0.39, 0.29) is 0 Å². The molecule has 3 heterocycles. The Morgan fingerprint density at radius 3 is 2.96 bits per heavy atom. The molecule has 0 bridgehead atoms. The number of aromatic nitrogens is 4. The molecule has 0 spiro atoms. The summed E-state index contributed by atoms with van der Waals surface area (Å²) in [4.78, 5) is 16.0. The van der Waals surface area contributed by atoms with Gasteiger partial charge in [-0.2, -0.15) is 0 Å². The van der Waals surface area contributed by atoms with Crippen molar-refractivity contribution in [1.82, 2.24) is 24.2 Å². The van der Waals surface area contributed by atoms with E-state index >= 15 is 0 Å². The van der Waals surface area contributed by atoms with Crippen LogP contribution < -0.4 is 0 Å². The molecule has 2 aromatic heterocycles. The summed E-state index contributed by atoms with van der Waals surface area (Å²) in [5, 5.41) is 7.15. The summed E-state index contributed by atoms with van der Waals surface area (Å²) in [7, 11) is 0. The topological polar surface area (TPSA) is 81.5 Å². The highest BCUT2D eigenvalue weighted by atomic mass is 32.2. The van der Waals surface area contributed by atoms with Crippen molar-refractivity contribution in [3.8, 4) is 11.4 Å². The standard InChI is InChI=1S/C18H22F2N6S/c1-27-26-7-2-3-12(6-8-26)14-9-15(24-11-23-14)16-10-22-17(25-16)5-4-13(21)18(19)20/h4-5,9-12,18,21H,2-3,6-8H2,1H3,(H,22,25)/b5-4-,21-13?. The van der Waals surface area contributed by atoms with Crippen molar-refractivity contribution in [2.24, 2.45) is 0 Å². The third kappa shape index (κ3) is 5.20. The molecule has 6 nitrogen and oxygen atoms in total. The summed E-state index contributed by atoms with van der Waals surface area (Å²) in [5.74, 6) is 0.804. The lowest BCUT2D eigenvalue weighted by Crippen LogP contribution is -2.15. The zero-order valence-corrected chi connectivity index (χ0v) is 15.8. The normalized spacial score (nSPS) is 18.9. The molecule has 1 fully saturated rings. The van der Waals surface area contributed by atoms with Gasteiger partial charge in [-0.1, -0.05) is 11.9 Å². The van der Waals surface area contributed by atoms with Gasteiger partial charge < -0.3 is 4.98 Å². The second-order valence-corrected chi connectivity index (χ2v) is 7.22. The minimum absolute atomic E-state index is 0.401. The monoisotopic (exact) mass is 392 g/mol. The van der Waals surface area contributed by atoms with Gasteiger partial charge in [0.1, 0.15) is 12.2 Å². The van der Waals surface area contributed by atoms with E-state index in [2.05, 4.69) is 30.5 Å². The van der Waals surface area contributed by atoms with Crippen LogP contribution in [0, 0.1) is 5.41 Å². The second-order valence-electron chi connectivity index (χ2n) is 6.34. The predicted molar refractivity (Wildman–Crippen MR) is 104 cm³/mol. The summed E-state index contributed by atoms with van der Waals surface area (Å²) in [6, 6.07) is 1.97. The first-order valence-electron chi connectivity index (χ1n) is 8.78. The number of imidazole rings is 1. The first-order chi connectivity index (χ1) is 13.1. The molecule has 1 aliphatic heterocycles. The maximum atomic E-state index is 12.4. The SMILES string of the molecule is CSN1CCCC(c2cc(-c3cnc(/C=C\C(=N)C(F)F)[nH]3)ncn2)CC1. The molecule has 1 atom stereocenters. The van der Waals surface area contributed by atoms with Crippen LogP contribution in [0.1, 0.15) is 36.7 Å². The Balaban J connectivity index is 1.73. The van der Waals surface area contributed by atoms with Crippen LogP contribution in [0.4, 0.5) is 8.78 Å². The van der Waals surface area contributed by atoms with Gasteiger partial charge >= 0.3 is 0 Å². The summed E-state index contributed by atoms with van der Waals surface area (Å²) in [6.07, 6.45) is 8.19. The number of hydrogen-bond acceptors (Lipinski definition) is 6. The van der Waals surface area contributed by atoms with Crippen LogP contribution in [0.25, 0.3) is 17.5 Å². The van der Waals surface area contributed by atoms with E-state index in [1.165, 1.54) is 6.08 Å². The third-order valence-corrected chi connectivity index (χ3v) is 5.46. The molecule has 2 aromatic rings. The fourth-order valence-corrected chi connectivity index (χ4v) is 3.68. The smallest absolute Gasteiger partial charge is 0.279 e. The minimum atomic E-state index is -2.79. The first kappa shape index (κ1) is 19.6. The van der Waals surface area contributed by atoms with Crippen molar-refractivity contribution in [2.75, 3.05) is 19.3 Å². The van der Waals surface area contributed by atoms with Gasteiger partial charge in [-0.15, -0.1) is 0 Å². The Labute approximate surface area is 161 Å². The molecule has 1 saturated heterocycles. The molecule has 0 aromatic carbocycles. The third-order valence-electron chi connectivity index (χ3n) is 4.58. The lowest BCUT2D eigenvalue weighted by atomic mass is 9.96. The van der Waals surface area contributed by atoms with E-state index in [0.717, 1.165) is 49.8 Å². The molecule has 144 valence electrons. The largest absolute Gasteiger partial charge is 0.337 e. The number of H-pyrrole nitrogens is 1. The van der Waals surface area contributed by atoms with Gasteiger partial charge in [-0.25, -0.2) is 23.7 Å². The number of nitrogens with one attached hydrogen (secondary N) is 2. The summed E-state index contributed by atoms with van der Waals surface area (Å²) in [5.41, 5.74) is 1.70. The van der Waals surface area contributed by atoms with Gasteiger partial charge in [0.05, 0.1) is 23.3 Å². The maximum absolute atomic E-state index is 12.4. The molecular formula is C18H22F2N6S. The molecule has 3 rings (SSSR count). The molecule has 1 unspecified atom stereocenters. The predicted octanol–water partition coefficient (Wildman–Crippen LogP) is 4.01. The molecule has 2 N–H and O–H groups in total. The van der Waals surface area contributed by atoms with Gasteiger partial charge in [0.15, 0.2) is 0 Å². The highest BCUT2D eigenvalue weighted by Crippen LogP contribution is 2.29. The second kappa shape index (κ2) is 9.18. The zero-order chi connectivity index (χ0) is 19.2. The van der Waals surface area contributed by atoms with Crippen LogP contribution in [0.3, 0.4) is 0 Å². The Morgan fingerprint density at radius 2 is 2.19 bits per heavy atom. The molecular weight excluding hydrogens is 370 g/mol. The van der Waals surface area contributed by atoms with Crippen molar-refractivity contribution < 1.29 is 8.78 Å². The molecule has 1 aliphatic rings. The van der Waals surface area contributed by atoms with Gasteiger partial charge in [0.2, 0.25) is 0 Å². The van der Waals surface area contributed by atoms with E-state index in [4.69, 9.17) is 5.41 Å². The Bertz CT molecular complexity index is 807. The Morgan fingerprint density at radius 1 is 1.33 bits per heavy atom. The van der Waals surface area contributed by atoms with Crippen LogP contribution >= 0.6 is 11.9 Å². The number of nitrogens with zero attached hydrogens (tertiary/aromatic N) is 4.